The molecule has 1 aromatic heterocycles. The minimum Gasteiger partial charge on any atom is -0.493 e. The van der Waals surface area contributed by atoms with Crippen molar-refractivity contribution >= 4 is 10.0 Å². The summed E-state index contributed by atoms with van der Waals surface area (Å²) >= 11 is 0. The Balaban J connectivity index is 2.12. The van der Waals surface area contributed by atoms with Crippen LogP contribution < -0.4 is 9.88 Å². The van der Waals surface area contributed by atoms with E-state index in [-0.39, 0.29) is 4.90 Å². The Morgan fingerprint density at radius 2 is 2.00 bits per heavy atom. The summed E-state index contributed by atoms with van der Waals surface area (Å²) in [5, 5.41) is 5.18. The standard InChI is InChI=1S/C14H19N3O3S/c1-10-11(2)13(21(15,18)19)5-4-12(10)20-9-6-14-16-7-8-17(14)3/h4-5,7-8H,6,9H2,1-3H3,(H2,15,18,19). The first-order chi connectivity index (χ1) is 9.80. The lowest BCUT2D eigenvalue weighted by molar-refractivity contribution is 0.315. The number of nitrogens with zero attached hydrogens (tertiary/aromatic N) is 2. The second-order valence-electron chi connectivity index (χ2n) is 4.91. The monoisotopic (exact) mass is 309 g/mol. The van der Waals surface area contributed by atoms with Crippen molar-refractivity contribution in [1.29, 1.82) is 0 Å². The van der Waals surface area contributed by atoms with Crippen molar-refractivity contribution < 1.29 is 13.2 Å². The van der Waals surface area contributed by atoms with Crippen LogP contribution in [0.2, 0.25) is 0 Å². The molecule has 0 radical (unpaired) electrons. The minimum atomic E-state index is -3.70. The summed E-state index contributed by atoms with van der Waals surface area (Å²) in [6.07, 6.45) is 4.30. The van der Waals surface area contributed by atoms with Crippen LogP contribution in [0.4, 0.5) is 0 Å². The fourth-order valence-electron chi connectivity index (χ4n) is 2.13. The number of aryl methyl sites for hydroxylation is 1. The summed E-state index contributed by atoms with van der Waals surface area (Å²) in [6, 6.07) is 3.12. The average molecular weight is 309 g/mol. The molecule has 1 aromatic carbocycles. The van der Waals surface area contributed by atoms with Crippen molar-refractivity contribution in [3.05, 3.63) is 41.5 Å². The maximum atomic E-state index is 11.5. The van der Waals surface area contributed by atoms with E-state index in [0.29, 0.717) is 24.3 Å². The molecule has 2 aromatic rings. The second kappa shape index (κ2) is 5.87. The number of primary sulfonamides is 1. The number of hydrogen-bond acceptors (Lipinski definition) is 4. The fraction of sp³-hybridized carbons (Fsp3) is 0.357. The van der Waals surface area contributed by atoms with E-state index in [4.69, 9.17) is 9.88 Å². The van der Waals surface area contributed by atoms with E-state index in [2.05, 4.69) is 4.98 Å². The Hall–Kier alpha value is -1.86. The van der Waals surface area contributed by atoms with Gasteiger partial charge in [0.15, 0.2) is 0 Å². The molecule has 0 amide bonds. The zero-order chi connectivity index (χ0) is 15.6. The van der Waals surface area contributed by atoms with Gasteiger partial charge < -0.3 is 9.30 Å². The summed E-state index contributed by atoms with van der Waals surface area (Å²) in [6.45, 7) is 4.01. The maximum Gasteiger partial charge on any atom is 0.238 e. The molecule has 0 aliphatic rings. The molecule has 0 unspecified atom stereocenters. The van der Waals surface area contributed by atoms with E-state index < -0.39 is 10.0 Å². The molecule has 114 valence electrons. The van der Waals surface area contributed by atoms with Crippen LogP contribution in [0.1, 0.15) is 17.0 Å². The van der Waals surface area contributed by atoms with E-state index >= 15 is 0 Å². The summed E-state index contributed by atoms with van der Waals surface area (Å²) in [7, 11) is -1.77. The van der Waals surface area contributed by atoms with Gasteiger partial charge in [-0.05, 0) is 37.1 Å². The topological polar surface area (TPSA) is 87.2 Å². The molecule has 0 fully saturated rings. The molecule has 0 saturated carbocycles. The number of hydrogen-bond donors (Lipinski definition) is 1. The molecule has 0 aliphatic heterocycles. The molecule has 0 aliphatic carbocycles. The summed E-state index contributed by atoms with van der Waals surface area (Å²) < 4.78 is 30.6. The van der Waals surface area contributed by atoms with Crippen LogP contribution in [-0.4, -0.2) is 24.6 Å². The Morgan fingerprint density at radius 3 is 2.57 bits per heavy atom. The van der Waals surface area contributed by atoms with E-state index in [1.54, 1.807) is 19.2 Å². The van der Waals surface area contributed by atoms with Gasteiger partial charge in [0.05, 0.1) is 11.5 Å². The lowest BCUT2D eigenvalue weighted by Crippen LogP contribution is -2.14. The van der Waals surface area contributed by atoms with Crippen molar-refractivity contribution in [2.45, 2.75) is 25.2 Å². The predicted molar refractivity (Wildman–Crippen MR) is 79.7 cm³/mol. The van der Waals surface area contributed by atoms with E-state index in [1.807, 2.05) is 24.7 Å². The van der Waals surface area contributed by atoms with Crippen LogP contribution in [0, 0.1) is 13.8 Å². The van der Waals surface area contributed by atoms with E-state index in [0.717, 1.165) is 11.4 Å². The van der Waals surface area contributed by atoms with Gasteiger partial charge in [-0.2, -0.15) is 0 Å². The van der Waals surface area contributed by atoms with Crippen LogP contribution in [-0.2, 0) is 23.5 Å². The van der Waals surface area contributed by atoms with Gasteiger partial charge >= 0.3 is 0 Å². The Kier molecular flexibility index (Phi) is 4.34. The number of benzene rings is 1. The van der Waals surface area contributed by atoms with Crippen LogP contribution in [0.3, 0.4) is 0 Å². The summed E-state index contributed by atoms with van der Waals surface area (Å²) in [4.78, 5) is 4.36. The molecule has 0 spiro atoms. The first-order valence-corrected chi connectivity index (χ1v) is 8.07. The highest BCUT2D eigenvalue weighted by Gasteiger charge is 2.15. The lowest BCUT2D eigenvalue weighted by atomic mass is 10.1. The molecular weight excluding hydrogens is 290 g/mol. The van der Waals surface area contributed by atoms with Crippen LogP contribution in [0.15, 0.2) is 29.4 Å². The van der Waals surface area contributed by atoms with E-state index in [9.17, 15) is 8.42 Å². The van der Waals surface area contributed by atoms with Crippen molar-refractivity contribution in [2.24, 2.45) is 12.2 Å². The van der Waals surface area contributed by atoms with Gasteiger partial charge in [-0.3, -0.25) is 0 Å². The van der Waals surface area contributed by atoms with Crippen LogP contribution >= 0.6 is 0 Å². The highest BCUT2D eigenvalue weighted by Crippen LogP contribution is 2.26. The zero-order valence-electron chi connectivity index (χ0n) is 12.3. The van der Waals surface area contributed by atoms with Crippen molar-refractivity contribution in [1.82, 2.24) is 9.55 Å². The molecule has 2 rings (SSSR count). The lowest BCUT2D eigenvalue weighted by Gasteiger charge is -2.13. The number of rotatable bonds is 5. The summed E-state index contributed by atoms with van der Waals surface area (Å²) in [5.74, 6) is 1.60. The van der Waals surface area contributed by atoms with Crippen molar-refractivity contribution in [3.63, 3.8) is 0 Å². The third kappa shape index (κ3) is 3.43. The van der Waals surface area contributed by atoms with Crippen molar-refractivity contribution in [2.75, 3.05) is 6.61 Å². The summed E-state index contributed by atoms with van der Waals surface area (Å²) in [5.41, 5.74) is 1.40. The second-order valence-corrected chi connectivity index (χ2v) is 6.44. The SMILES string of the molecule is Cc1c(OCCc2nccn2C)ccc(S(N)(=O)=O)c1C. The van der Waals surface area contributed by atoms with Gasteiger partial charge in [0.25, 0.3) is 0 Å². The molecule has 1 heterocycles. The highest BCUT2D eigenvalue weighted by molar-refractivity contribution is 7.89. The maximum absolute atomic E-state index is 11.5. The molecule has 0 bridgehead atoms. The van der Waals surface area contributed by atoms with Crippen LogP contribution in [0.25, 0.3) is 0 Å². The largest absolute Gasteiger partial charge is 0.493 e. The molecule has 6 nitrogen and oxygen atoms in total. The van der Waals surface area contributed by atoms with Gasteiger partial charge in [-0.15, -0.1) is 0 Å². The van der Waals surface area contributed by atoms with Gasteiger partial charge in [0.2, 0.25) is 10.0 Å². The number of aromatic nitrogens is 2. The fourth-order valence-corrected chi connectivity index (χ4v) is 2.96. The number of ether oxygens (including phenoxy) is 1. The Morgan fingerprint density at radius 1 is 1.29 bits per heavy atom. The molecule has 0 atom stereocenters. The molecule has 21 heavy (non-hydrogen) atoms. The molecule has 0 saturated heterocycles. The van der Waals surface area contributed by atoms with E-state index in [1.165, 1.54) is 6.07 Å². The first-order valence-electron chi connectivity index (χ1n) is 6.52. The third-order valence-electron chi connectivity index (χ3n) is 3.50. The number of nitrogens with two attached hydrogens (primary N) is 1. The van der Waals surface area contributed by atoms with Gasteiger partial charge in [0.1, 0.15) is 11.6 Å². The van der Waals surface area contributed by atoms with Crippen LogP contribution in [0.5, 0.6) is 5.75 Å². The van der Waals surface area contributed by atoms with Gasteiger partial charge in [-0.1, -0.05) is 0 Å². The first kappa shape index (κ1) is 15.5. The quantitative estimate of drug-likeness (QED) is 0.902. The minimum absolute atomic E-state index is 0.136. The number of imidazole rings is 1. The molecule has 2 N–H and O–H groups in total. The normalized spacial score (nSPS) is 11.6. The average Bonchev–Trinajstić information content (AvgIpc) is 2.79. The number of sulfonamides is 1. The van der Waals surface area contributed by atoms with Crippen molar-refractivity contribution in [3.8, 4) is 5.75 Å². The Labute approximate surface area is 124 Å². The third-order valence-corrected chi connectivity index (χ3v) is 4.55. The smallest absolute Gasteiger partial charge is 0.238 e. The predicted octanol–water partition coefficient (Wildman–Crippen LogP) is 1.31. The molecule has 7 heteroatoms. The van der Waals surface area contributed by atoms with Gasteiger partial charge in [0, 0.05) is 25.9 Å². The van der Waals surface area contributed by atoms with Gasteiger partial charge in [-0.25, -0.2) is 18.5 Å². The Bertz CT molecular complexity index is 751. The highest BCUT2D eigenvalue weighted by atomic mass is 32.2. The zero-order valence-corrected chi connectivity index (χ0v) is 13.1. The molecular formula is C14H19N3O3S.